The molecule has 0 aliphatic rings. The van der Waals surface area contributed by atoms with E-state index in [9.17, 15) is 15.3 Å². The second kappa shape index (κ2) is 4.97. The highest BCUT2D eigenvalue weighted by atomic mass is 16.5. The maximum atomic E-state index is 9.81. The Bertz CT molecular complexity index is 611. The van der Waals surface area contributed by atoms with Gasteiger partial charge in [0.15, 0.2) is 11.5 Å². The Labute approximate surface area is 110 Å². The summed E-state index contributed by atoms with van der Waals surface area (Å²) in [4.78, 5) is 0. The molecule has 0 heterocycles. The van der Waals surface area contributed by atoms with Crippen molar-refractivity contribution in [1.29, 1.82) is 0 Å². The van der Waals surface area contributed by atoms with E-state index in [-0.39, 0.29) is 23.7 Å². The number of methoxy groups -OCH3 is 1. The molecule has 0 radical (unpaired) electrons. The fourth-order valence-corrected chi connectivity index (χ4v) is 1.85. The topological polar surface area (TPSA) is 95.9 Å². The van der Waals surface area contributed by atoms with E-state index in [1.807, 2.05) is 0 Å². The number of phenols is 3. The van der Waals surface area contributed by atoms with E-state index < -0.39 is 0 Å². The van der Waals surface area contributed by atoms with Crippen LogP contribution in [0.1, 0.15) is 11.1 Å². The predicted molar refractivity (Wildman–Crippen MR) is 71.6 cm³/mol. The van der Waals surface area contributed by atoms with Crippen LogP contribution in [0.25, 0.3) is 0 Å². The molecule has 0 fully saturated rings. The first-order chi connectivity index (χ1) is 9.02. The van der Waals surface area contributed by atoms with Crippen molar-refractivity contribution in [3.05, 3.63) is 41.5 Å². The molecule has 0 saturated heterocycles. The van der Waals surface area contributed by atoms with Gasteiger partial charge in [0, 0.05) is 23.2 Å². The fraction of sp³-hybridized carbons (Fsp3) is 0.143. The highest BCUT2D eigenvalue weighted by Crippen LogP contribution is 2.36. The fourth-order valence-electron chi connectivity index (χ4n) is 1.85. The van der Waals surface area contributed by atoms with Crippen LogP contribution in [0, 0.1) is 0 Å². The third-order valence-electron chi connectivity index (χ3n) is 2.95. The summed E-state index contributed by atoms with van der Waals surface area (Å²) in [5, 5.41) is 29.1. The van der Waals surface area contributed by atoms with Gasteiger partial charge in [-0.3, -0.25) is 0 Å². The molecule has 19 heavy (non-hydrogen) atoms. The molecule has 0 aliphatic carbocycles. The van der Waals surface area contributed by atoms with E-state index in [4.69, 9.17) is 10.5 Å². The number of rotatable bonds is 3. The van der Waals surface area contributed by atoms with Crippen LogP contribution in [0.15, 0.2) is 30.3 Å². The minimum Gasteiger partial charge on any atom is -0.508 e. The van der Waals surface area contributed by atoms with Gasteiger partial charge in [0.2, 0.25) is 0 Å². The molecule has 0 amide bonds. The second-order valence-electron chi connectivity index (χ2n) is 4.17. The van der Waals surface area contributed by atoms with E-state index in [0.29, 0.717) is 22.6 Å². The van der Waals surface area contributed by atoms with E-state index in [0.717, 1.165) is 0 Å². The van der Waals surface area contributed by atoms with Gasteiger partial charge in [-0.1, -0.05) is 0 Å². The number of anilines is 1. The number of nitrogen functional groups attached to an aromatic ring is 1. The largest absolute Gasteiger partial charge is 0.508 e. The monoisotopic (exact) mass is 261 g/mol. The van der Waals surface area contributed by atoms with Crippen molar-refractivity contribution < 1.29 is 20.1 Å². The highest BCUT2D eigenvalue weighted by Gasteiger charge is 2.13. The third-order valence-corrected chi connectivity index (χ3v) is 2.95. The van der Waals surface area contributed by atoms with Gasteiger partial charge in [-0.25, -0.2) is 0 Å². The van der Waals surface area contributed by atoms with E-state index in [1.165, 1.54) is 25.3 Å². The summed E-state index contributed by atoms with van der Waals surface area (Å²) in [5.74, 6) is 0.141. The molecule has 0 unspecified atom stereocenters. The molecule has 2 aromatic carbocycles. The molecule has 0 aromatic heterocycles. The van der Waals surface area contributed by atoms with Crippen molar-refractivity contribution in [3.63, 3.8) is 0 Å². The number of aromatic hydroxyl groups is 3. The molecule has 5 heteroatoms. The first-order valence-electron chi connectivity index (χ1n) is 5.68. The van der Waals surface area contributed by atoms with E-state index in [1.54, 1.807) is 12.1 Å². The van der Waals surface area contributed by atoms with Gasteiger partial charge < -0.3 is 25.8 Å². The molecule has 5 nitrogen and oxygen atoms in total. The van der Waals surface area contributed by atoms with E-state index >= 15 is 0 Å². The van der Waals surface area contributed by atoms with Gasteiger partial charge in [-0.05, 0) is 30.3 Å². The van der Waals surface area contributed by atoms with Crippen LogP contribution < -0.4 is 10.5 Å². The Morgan fingerprint density at radius 2 is 1.74 bits per heavy atom. The van der Waals surface area contributed by atoms with Crippen LogP contribution >= 0.6 is 0 Å². The highest BCUT2D eigenvalue weighted by molar-refractivity contribution is 5.61. The summed E-state index contributed by atoms with van der Waals surface area (Å²) < 4.78 is 5.08. The van der Waals surface area contributed by atoms with Crippen molar-refractivity contribution in [3.8, 4) is 23.0 Å². The van der Waals surface area contributed by atoms with Crippen LogP contribution in [0.3, 0.4) is 0 Å². The summed E-state index contributed by atoms with van der Waals surface area (Å²) in [6, 6.07) is 7.61. The maximum Gasteiger partial charge on any atom is 0.163 e. The minimum absolute atomic E-state index is 0.0722. The molecule has 0 saturated carbocycles. The molecular formula is C14H15NO4. The third kappa shape index (κ3) is 2.49. The average Bonchev–Trinajstić information content (AvgIpc) is 2.41. The molecule has 5 N–H and O–H groups in total. The molecule has 0 spiro atoms. The molecule has 2 rings (SSSR count). The quantitative estimate of drug-likeness (QED) is 0.385. The van der Waals surface area contributed by atoms with Crippen molar-refractivity contribution in [1.82, 2.24) is 0 Å². The minimum atomic E-state index is -0.276. The lowest BCUT2D eigenvalue weighted by Crippen LogP contribution is -1.97. The molecule has 100 valence electrons. The summed E-state index contributed by atoms with van der Waals surface area (Å²) >= 11 is 0. The Kier molecular flexibility index (Phi) is 3.37. The Balaban J connectivity index is 2.44. The number of benzene rings is 2. The second-order valence-corrected chi connectivity index (χ2v) is 4.17. The Hall–Kier alpha value is -2.56. The van der Waals surface area contributed by atoms with Gasteiger partial charge in [0.1, 0.15) is 11.5 Å². The van der Waals surface area contributed by atoms with Crippen molar-refractivity contribution >= 4 is 5.69 Å². The Morgan fingerprint density at radius 1 is 1.05 bits per heavy atom. The van der Waals surface area contributed by atoms with Crippen molar-refractivity contribution in [2.75, 3.05) is 12.8 Å². The maximum absolute atomic E-state index is 9.81. The van der Waals surface area contributed by atoms with Crippen LogP contribution in [0.4, 0.5) is 5.69 Å². The van der Waals surface area contributed by atoms with Gasteiger partial charge in [-0.2, -0.15) is 0 Å². The zero-order valence-corrected chi connectivity index (χ0v) is 10.4. The van der Waals surface area contributed by atoms with Gasteiger partial charge in [0.05, 0.1) is 7.11 Å². The number of phenolic OH excluding ortho intramolecular Hbond substituents is 3. The first kappa shape index (κ1) is 12.9. The van der Waals surface area contributed by atoms with Crippen LogP contribution in [-0.2, 0) is 6.42 Å². The average molecular weight is 261 g/mol. The number of hydrogen-bond donors (Lipinski definition) is 4. The summed E-state index contributed by atoms with van der Waals surface area (Å²) in [7, 11) is 1.52. The standard InChI is InChI=1S/C14H15NO4/c1-19-9-2-4-12(16)8(6-9)7-10-11(15)3-5-13(17)14(10)18/h2-6,16-18H,7,15H2,1H3. The molecular weight excluding hydrogens is 246 g/mol. The Morgan fingerprint density at radius 3 is 2.42 bits per heavy atom. The van der Waals surface area contributed by atoms with Crippen molar-refractivity contribution in [2.45, 2.75) is 6.42 Å². The van der Waals surface area contributed by atoms with Crippen LogP contribution in [0.2, 0.25) is 0 Å². The predicted octanol–water partition coefficient (Wildman–Crippen LogP) is 1.99. The smallest absolute Gasteiger partial charge is 0.163 e. The van der Waals surface area contributed by atoms with Gasteiger partial charge in [-0.15, -0.1) is 0 Å². The zero-order valence-electron chi connectivity index (χ0n) is 10.4. The molecule has 0 bridgehead atoms. The summed E-state index contributed by atoms with van der Waals surface area (Å²) in [5.41, 5.74) is 7.03. The van der Waals surface area contributed by atoms with Crippen LogP contribution in [-0.4, -0.2) is 22.4 Å². The van der Waals surface area contributed by atoms with Gasteiger partial charge >= 0.3 is 0 Å². The van der Waals surface area contributed by atoms with Crippen molar-refractivity contribution in [2.24, 2.45) is 0 Å². The lowest BCUT2D eigenvalue weighted by atomic mass is 10.0. The summed E-state index contributed by atoms with van der Waals surface area (Å²) in [6.45, 7) is 0. The number of hydrogen-bond acceptors (Lipinski definition) is 5. The number of nitrogens with two attached hydrogens (primary N) is 1. The molecule has 2 aromatic rings. The number of ether oxygens (including phenoxy) is 1. The van der Waals surface area contributed by atoms with E-state index in [2.05, 4.69) is 0 Å². The lowest BCUT2D eigenvalue weighted by molar-refractivity contribution is 0.399. The zero-order chi connectivity index (χ0) is 14.0. The lowest BCUT2D eigenvalue weighted by Gasteiger charge is -2.11. The molecule has 0 aliphatic heterocycles. The SMILES string of the molecule is COc1ccc(O)c(Cc2c(N)ccc(O)c2O)c1. The molecule has 0 atom stereocenters. The first-order valence-corrected chi connectivity index (χ1v) is 5.68. The van der Waals surface area contributed by atoms with Gasteiger partial charge in [0.25, 0.3) is 0 Å². The normalized spacial score (nSPS) is 10.4. The summed E-state index contributed by atoms with van der Waals surface area (Å²) in [6.07, 6.45) is 0.190. The van der Waals surface area contributed by atoms with Crippen LogP contribution in [0.5, 0.6) is 23.0 Å².